The van der Waals surface area contributed by atoms with Crippen molar-refractivity contribution in [3.8, 4) is 0 Å². The lowest BCUT2D eigenvalue weighted by Crippen LogP contribution is -2.32. The van der Waals surface area contributed by atoms with Gasteiger partial charge in [-0.2, -0.15) is 4.31 Å². The van der Waals surface area contributed by atoms with Gasteiger partial charge < -0.3 is 5.73 Å². The number of benzene rings is 1. The van der Waals surface area contributed by atoms with Crippen LogP contribution in [0.2, 0.25) is 0 Å². The summed E-state index contributed by atoms with van der Waals surface area (Å²) in [6.07, 6.45) is 0.668. The van der Waals surface area contributed by atoms with Gasteiger partial charge in [-0.3, -0.25) is 0 Å². The molecule has 0 aliphatic heterocycles. The smallest absolute Gasteiger partial charge is 0.248 e. The summed E-state index contributed by atoms with van der Waals surface area (Å²) in [6, 6.07) is 3.87. The maximum absolute atomic E-state index is 13.6. The SMILES string of the molecule is CCCN(CC)S(=O)(=O)c1c(N)cccc1F. The Hall–Kier alpha value is -1.14. The summed E-state index contributed by atoms with van der Waals surface area (Å²) in [5, 5.41) is 0. The summed E-state index contributed by atoms with van der Waals surface area (Å²) >= 11 is 0. The van der Waals surface area contributed by atoms with Crippen molar-refractivity contribution < 1.29 is 12.8 Å². The van der Waals surface area contributed by atoms with E-state index in [1.807, 2.05) is 6.92 Å². The predicted octanol–water partition coefficient (Wildman–Crippen LogP) is 1.83. The highest BCUT2D eigenvalue weighted by Crippen LogP contribution is 2.25. The number of rotatable bonds is 5. The highest BCUT2D eigenvalue weighted by atomic mass is 32.2. The topological polar surface area (TPSA) is 63.4 Å². The molecule has 6 heteroatoms. The predicted molar refractivity (Wildman–Crippen MR) is 65.5 cm³/mol. The van der Waals surface area contributed by atoms with Gasteiger partial charge in [-0.25, -0.2) is 12.8 Å². The summed E-state index contributed by atoms with van der Waals surface area (Å²) < 4.78 is 39.2. The summed E-state index contributed by atoms with van der Waals surface area (Å²) in [7, 11) is -3.84. The summed E-state index contributed by atoms with van der Waals surface area (Å²) in [6.45, 7) is 4.23. The molecule has 0 aliphatic carbocycles. The number of hydrogen-bond acceptors (Lipinski definition) is 3. The van der Waals surface area contributed by atoms with Gasteiger partial charge in [-0.05, 0) is 18.6 Å². The number of nitrogens with two attached hydrogens (primary N) is 1. The maximum atomic E-state index is 13.6. The van der Waals surface area contributed by atoms with Crippen LogP contribution >= 0.6 is 0 Å². The van der Waals surface area contributed by atoms with Crippen LogP contribution in [0.15, 0.2) is 23.1 Å². The van der Waals surface area contributed by atoms with E-state index in [9.17, 15) is 12.8 Å². The third-order valence-corrected chi connectivity index (χ3v) is 4.49. The molecule has 1 aromatic carbocycles. The molecule has 0 amide bonds. The van der Waals surface area contributed by atoms with Crippen molar-refractivity contribution in [3.63, 3.8) is 0 Å². The first-order chi connectivity index (χ1) is 7.95. The lowest BCUT2D eigenvalue weighted by atomic mass is 10.3. The minimum absolute atomic E-state index is 0.0560. The molecule has 1 rings (SSSR count). The Balaban J connectivity index is 3.30. The fourth-order valence-corrected chi connectivity index (χ4v) is 3.33. The van der Waals surface area contributed by atoms with Crippen LogP contribution in [0.5, 0.6) is 0 Å². The molecule has 0 aliphatic rings. The third-order valence-electron chi connectivity index (χ3n) is 2.42. The molecule has 0 saturated heterocycles. The zero-order valence-corrected chi connectivity index (χ0v) is 10.8. The number of nitrogen functional groups attached to an aromatic ring is 1. The molecule has 0 atom stereocenters. The lowest BCUT2D eigenvalue weighted by molar-refractivity contribution is 0.423. The van der Waals surface area contributed by atoms with Crippen LogP contribution in [-0.4, -0.2) is 25.8 Å². The van der Waals surface area contributed by atoms with E-state index in [4.69, 9.17) is 5.73 Å². The van der Waals surface area contributed by atoms with Crippen LogP contribution in [0.25, 0.3) is 0 Å². The monoisotopic (exact) mass is 260 g/mol. The van der Waals surface area contributed by atoms with Crippen molar-refractivity contribution in [2.24, 2.45) is 0 Å². The van der Waals surface area contributed by atoms with E-state index in [1.165, 1.54) is 16.4 Å². The average molecular weight is 260 g/mol. The van der Waals surface area contributed by atoms with Crippen molar-refractivity contribution in [1.82, 2.24) is 4.31 Å². The van der Waals surface area contributed by atoms with E-state index in [-0.39, 0.29) is 5.69 Å². The fraction of sp³-hybridized carbons (Fsp3) is 0.455. The second-order valence-electron chi connectivity index (χ2n) is 3.65. The van der Waals surface area contributed by atoms with E-state index in [0.29, 0.717) is 19.5 Å². The normalized spacial score (nSPS) is 12.0. The third kappa shape index (κ3) is 2.76. The van der Waals surface area contributed by atoms with Crippen LogP contribution in [0.1, 0.15) is 20.3 Å². The second-order valence-corrected chi connectivity index (χ2v) is 5.53. The zero-order valence-electron chi connectivity index (χ0n) is 9.98. The highest BCUT2D eigenvalue weighted by Gasteiger charge is 2.27. The van der Waals surface area contributed by atoms with Crippen molar-refractivity contribution in [2.45, 2.75) is 25.2 Å². The van der Waals surface area contributed by atoms with Gasteiger partial charge in [0.25, 0.3) is 0 Å². The molecular formula is C11H17FN2O2S. The second kappa shape index (κ2) is 5.46. The first-order valence-electron chi connectivity index (χ1n) is 5.49. The van der Waals surface area contributed by atoms with Gasteiger partial charge in [0, 0.05) is 13.1 Å². The minimum Gasteiger partial charge on any atom is -0.398 e. The molecule has 0 aromatic heterocycles. The Bertz CT molecular complexity index is 468. The van der Waals surface area contributed by atoms with Crippen molar-refractivity contribution in [2.75, 3.05) is 18.8 Å². The molecule has 17 heavy (non-hydrogen) atoms. The van der Waals surface area contributed by atoms with Crippen molar-refractivity contribution >= 4 is 15.7 Å². The Morgan fingerprint density at radius 1 is 1.35 bits per heavy atom. The summed E-state index contributed by atoms with van der Waals surface area (Å²) in [5.41, 5.74) is 5.49. The summed E-state index contributed by atoms with van der Waals surface area (Å²) in [5.74, 6) is -0.806. The first-order valence-corrected chi connectivity index (χ1v) is 6.93. The average Bonchev–Trinajstić information content (AvgIpc) is 2.24. The van der Waals surface area contributed by atoms with Gasteiger partial charge in [0.05, 0.1) is 5.69 Å². The molecule has 0 radical (unpaired) electrons. The van der Waals surface area contributed by atoms with Gasteiger partial charge in [-0.15, -0.1) is 0 Å². The zero-order chi connectivity index (χ0) is 13.1. The summed E-state index contributed by atoms with van der Waals surface area (Å²) in [4.78, 5) is -0.421. The van der Waals surface area contributed by atoms with Crippen LogP contribution in [0.4, 0.5) is 10.1 Å². The van der Waals surface area contributed by atoms with E-state index in [1.54, 1.807) is 6.92 Å². The van der Waals surface area contributed by atoms with Gasteiger partial charge in [0.1, 0.15) is 10.7 Å². The van der Waals surface area contributed by atoms with Crippen LogP contribution in [0.3, 0.4) is 0 Å². The number of hydrogen-bond donors (Lipinski definition) is 1. The van der Waals surface area contributed by atoms with Gasteiger partial charge in [-0.1, -0.05) is 19.9 Å². The molecule has 0 bridgehead atoms. The number of sulfonamides is 1. The van der Waals surface area contributed by atoms with Crippen LogP contribution < -0.4 is 5.73 Å². The Labute approximate surface area is 101 Å². The standard InChI is InChI=1S/C11H17FN2O2S/c1-3-8-14(4-2)17(15,16)11-9(12)6-5-7-10(11)13/h5-7H,3-4,8,13H2,1-2H3. The highest BCUT2D eigenvalue weighted by molar-refractivity contribution is 7.89. The molecule has 0 saturated carbocycles. The van der Waals surface area contributed by atoms with E-state index >= 15 is 0 Å². The van der Waals surface area contributed by atoms with E-state index < -0.39 is 20.7 Å². The molecule has 96 valence electrons. The molecule has 0 heterocycles. The fourth-order valence-electron chi connectivity index (χ4n) is 1.62. The van der Waals surface area contributed by atoms with Crippen molar-refractivity contribution in [3.05, 3.63) is 24.0 Å². The first kappa shape index (κ1) is 13.9. The Kier molecular flexibility index (Phi) is 4.47. The number of anilines is 1. The van der Waals surface area contributed by atoms with Gasteiger partial charge >= 0.3 is 0 Å². The molecule has 2 N–H and O–H groups in total. The molecule has 0 fully saturated rings. The minimum atomic E-state index is -3.84. The lowest BCUT2D eigenvalue weighted by Gasteiger charge is -2.20. The quantitative estimate of drug-likeness (QED) is 0.821. The number of halogens is 1. The largest absolute Gasteiger partial charge is 0.398 e. The van der Waals surface area contributed by atoms with Crippen LogP contribution in [0, 0.1) is 5.82 Å². The Morgan fingerprint density at radius 2 is 2.00 bits per heavy atom. The molecule has 0 unspecified atom stereocenters. The van der Waals surface area contributed by atoms with Crippen molar-refractivity contribution in [1.29, 1.82) is 0 Å². The molecule has 4 nitrogen and oxygen atoms in total. The van der Waals surface area contributed by atoms with Gasteiger partial charge in [0.15, 0.2) is 0 Å². The van der Waals surface area contributed by atoms with Crippen LogP contribution in [-0.2, 0) is 10.0 Å². The Morgan fingerprint density at radius 3 is 2.47 bits per heavy atom. The molecular weight excluding hydrogens is 243 g/mol. The maximum Gasteiger partial charge on any atom is 0.248 e. The molecule has 0 spiro atoms. The number of nitrogens with zero attached hydrogens (tertiary/aromatic N) is 1. The van der Waals surface area contributed by atoms with Gasteiger partial charge in [0.2, 0.25) is 10.0 Å². The molecule has 1 aromatic rings. The van der Waals surface area contributed by atoms with E-state index in [2.05, 4.69) is 0 Å². The van der Waals surface area contributed by atoms with E-state index in [0.717, 1.165) is 6.07 Å².